The lowest BCUT2D eigenvalue weighted by atomic mass is 9.84. The minimum Gasteiger partial charge on any atom is -0.482 e. The number of hydrogen-bond donors (Lipinski definition) is 1. The normalized spacial score (nSPS) is 17.4. The van der Waals surface area contributed by atoms with Gasteiger partial charge in [0.15, 0.2) is 6.61 Å². The zero-order valence-corrected chi connectivity index (χ0v) is 10.1. The van der Waals surface area contributed by atoms with Gasteiger partial charge in [0, 0.05) is 24.8 Å². The van der Waals surface area contributed by atoms with Crippen LogP contribution in [0.5, 0.6) is 5.75 Å². The van der Waals surface area contributed by atoms with E-state index in [9.17, 15) is 4.79 Å². The maximum atomic E-state index is 10.4. The zero-order chi connectivity index (χ0) is 12.5. The molecule has 92 valence electrons. The van der Waals surface area contributed by atoms with Gasteiger partial charge in [-0.2, -0.15) is 0 Å². The van der Waals surface area contributed by atoms with Crippen molar-refractivity contribution in [3.05, 3.63) is 24.3 Å². The smallest absolute Gasteiger partial charge is 0.341 e. The van der Waals surface area contributed by atoms with Crippen LogP contribution in [0.2, 0.25) is 0 Å². The van der Waals surface area contributed by atoms with E-state index in [-0.39, 0.29) is 6.61 Å². The highest BCUT2D eigenvalue weighted by Crippen LogP contribution is 2.34. The minimum atomic E-state index is -0.958. The molecule has 0 atom stereocenters. The van der Waals surface area contributed by atoms with E-state index < -0.39 is 5.97 Å². The second-order valence-corrected chi connectivity index (χ2v) is 5.20. The zero-order valence-electron chi connectivity index (χ0n) is 10.1. The Balaban J connectivity index is 2.00. The highest BCUT2D eigenvalue weighted by atomic mass is 16.5. The van der Waals surface area contributed by atoms with Crippen molar-refractivity contribution in [3.63, 3.8) is 0 Å². The molecule has 0 aromatic heterocycles. The van der Waals surface area contributed by atoms with Crippen LogP contribution in [0.3, 0.4) is 0 Å². The molecule has 2 rings (SSSR count). The minimum absolute atomic E-state index is 0.297. The highest BCUT2D eigenvalue weighted by Gasteiger charge is 2.34. The summed E-state index contributed by atoms with van der Waals surface area (Å²) in [7, 11) is 0. The van der Waals surface area contributed by atoms with Crippen molar-refractivity contribution in [3.8, 4) is 5.75 Å². The molecule has 1 aliphatic rings. The number of aliphatic carboxylic acids is 1. The number of ether oxygens (including phenoxy) is 1. The molecule has 1 aromatic carbocycles. The van der Waals surface area contributed by atoms with Gasteiger partial charge >= 0.3 is 5.97 Å². The van der Waals surface area contributed by atoms with Gasteiger partial charge in [-0.3, -0.25) is 0 Å². The Morgan fingerprint density at radius 1 is 1.47 bits per heavy atom. The third-order valence-electron chi connectivity index (χ3n) is 2.78. The van der Waals surface area contributed by atoms with Gasteiger partial charge in [-0.05, 0) is 17.5 Å². The monoisotopic (exact) mass is 235 g/mol. The van der Waals surface area contributed by atoms with Crippen molar-refractivity contribution < 1.29 is 14.6 Å². The first kappa shape index (κ1) is 11.8. The van der Waals surface area contributed by atoms with Crippen LogP contribution in [0.1, 0.15) is 13.8 Å². The molecule has 4 nitrogen and oxygen atoms in total. The van der Waals surface area contributed by atoms with Crippen molar-refractivity contribution in [2.24, 2.45) is 5.41 Å². The van der Waals surface area contributed by atoms with Crippen molar-refractivity contribution in [1.29, 1.82) is 0 Å². The van der Waals surface area contributed by atoms with Crippen molar-refractivity contribution in [2.45, 2.75) is 13.8 Å². The fourth-order valence-corrected chi connectivity index (χ4v) is 2.08. The Bertz CT molecular complexity index is 420. The average Bonchev–Trinajstić information content (AvgIpc) is 2.23. The number of benzene rings is 1. The first-order chi connectivity index (χ1) is 7.96. The summed E-state index contributed by atoms with van der Waals surface area (Å²) in [5.41, 5.74) is 1.46. The van der Waals surface area contributed by atoms with Gasteiger partial charge in [0.25, 0.3) is 0 Å². The van der Waals surface area contributed by atoms with Gasteiger partial charge < -0.3 is 14.7 Å². The number of carbonyl (C=O) groups is 1. The van der Waals surface area contributed by atoms with E-state index in [4.69, 9.17) is 9.84 Å². The van der Waals surface area contributed by atoms with Crippen LogP contribution in [0, 0.1) is 5.41 Å². The summed E-state index contributed by atoms with van der Waals surface area (Å²) < 4.78 is 5.15. The fourth-order valence-electron chi connectivity index (χ4n) is 2.08. The molecule has 4 heteroatoms. The lowest BCUT2D eigenvalue weighted by molar-refractivity contribution is -0.139. The van der Waals surface area contributed by atoms with Crippen molar-refractivity contribution in [1.82, 2.24) is 0 Å². The summed E-state index contributed by atoms with van der Waals surface area (Å²) in [6.45, 7) is 6.21. The molecule has 0 saturated carbocycles. The molecule has 1 aromatic rings. The lowest BCUT2D eigenvalue weighted by Gasteiger charge is -2.47. The van der Waals surface area contributed by atoms with Gasteiger partial charge in [-0.25, -0.2) is 4.79 Å². The van der Waals surface area contributed by atoms with Gasteiger partial charge in [-0.15, -0.1) is 0 Å². The van der Waals surface area contributed by atoms with Crippen LogP contribution >= 0.6 is 0 Å². The van der Waals surface area contributed by atoms with Gasteiger partial charge in [0.1, 0.15) is 5.75 Å². The van der Waals surface area contributed by atoms with Crippen LogP contribution in [0.25, 0.3) is 0 Å². The SMILES string of the molecule is CC1(C)CN(c2cccc(OCC(=O)O)c2)C1. The summed E-state index contributed by atoms with van der Waals surface area (Å²) in [6, 6.07) is 7.57. The summed E-state index contributed by atoms with van der Waals surface area (Å²) in [4.78, 5) is 12.7. The Morgan fingerprint density at radius 3 is 2.76 bits per heavy atom. The molecule has 17 heavy (non-hydrogen) atoms. The summed E-state index contributed by atoms with van der Waals surface area (Å²) in [5.74, 6) is -0.352. The Morgan fingerprint density at radius 2 is 2.18 bits per heavy atom. The Kier molecular flexibility index (Phi) is 2.96. The lowest BCUT2D eigenvalue weighted by Crippen LogP contribution is -2.53. The van der Waals surface area contributed by atoms with Gasteiger partial charge in [0.05, 0.1) is 0 Å². The molecule has 1 N–H and O–H groups in total. The van der Waals surface area contributed by atoms with E-state index >= 15 is 0 Å². The Hall–Kier alpha value is -1.71. The second kappa shape index (κ2) is 4.28. The summed E-state index contributed by atoms with van der Waals surface area (Å²) >= 11 is 0. The van der Waals surface area contributed by atoms with Crippen LogP contribution in [0.4, 0.5) is 5.69 Å². The van der Waals surface area contributed by atoms with E-state index in [1.165, 1.54) is 0 Å². The molecular formula is C13H17NO3. The third-order valence-corrected chi connectivity index (χ3v) is 2.78. The van der Waals surface area contributed by atoms with Crippen molar-refractivity contribution >= 4 is 11.7 Å². The molecule has 1 aliphatic heterocycles. The van der Waals surface area contributed by atoms with E-state index in [0.29, 0.717) is 11.2 Å². The molecule has 1 heterocycles. The van der Waals surface area contributed by atoms with E-state index in [0.717, 1.165) is 18.8 Å². The predicted octanol–water partition coefficient (Wildman–Crippen LogP) is 2.00. The average molecular weight is 235 g/mol. The molecule has 0 unspecified atom stereocenters. The first-order valence-corrected chi connectivity index (χ1v) is 5.66. The van der Waals surface area contributed by atoms with E-state index in [1.54, 1.807) is 6.07 Å². The Labute approximate surface area is 101 Å². The number of carboxylic acid groups (broad SMARTS) is 1. The van der Waals surface area contributed by atoms with Gasteiger partial charge in [0.2, 0.25) is 0 Å². The van der Waals surface area contributed by atoms with E-state index in [2.05, 4.69) is 18.7 Å². The topological polar surface area (TPSA) is 49.8 Å². The van der Waals surface area contributed by atoms with Crippen LogP contribution in [-0.2, 0) is 4.79 Å². The maximum absolute atomic E-state index is 10.4. The fraction of sp³-hybridized carbons (Fsp3) is 0.462. The van der Waals surface area contributed by atoms with Crippen molar-refractivity contribution in [2.75, 3.05) is 24.6 Å². The molecule has 0 radical (unpaired) electrons. The number of anilines is 1. The van der Waals surface area contributed by atoms with Crippen LogP contribution in [-0.4, -0.2) is 30.8 Å². The standard InChI is InChI=1S/C13H17NO3/c1-13(2)8-14(9-13)10-4-3-5-11(6-10)17-7-12(15)16/h3-6H,7-9H2,1-2H3,(H,15,16). The molecule has 0 amide bonds. The molecule has 0 bridgehead atoms. The largest absolute Gasteiger partial charge is 0.482 e. The summed E-state index contributed by atoms with van der Waals surface area (Å²) in [5, 5.41) is 8.54. The molecule has 0 spiro atoms. The van der Waals surface area contributed by atoms with E-state index in [1.807, 2.05) is 18.2 Å². The molecule has 1 saturated heterocycles. The number of hydrogen-bond acceptors (Lipinski definition) is 3. The number of nitrogens with zero attached hydrogens (tertiary/aromatic N) is 1. The predicted molar refractivity (Wildman–Crippen MR) is 65.6 cm³/mol. The number of carboxylic acids is 1. The molecule has 1 fully saturated rings. The highest BCUT2D eigenvalue weighted by molar-refractivity contribution is 5.68. The van der Waals surface area contributed by atoms with Crippen LogP contribution < -0.4 is 9.64 Å². The third kappa shape index (κ3) is 2.90. The number of rotatable bonds is 4. The second-order valence-electron chi connectivity index (χ2n) is 5.20. The first-order valence-electron chi connectivity index (χ1n) is 5.66. The van der Waals surface area contributed by atoms with Gasteiger partial charge in [-0.1, -0.05) is 19.9 Å². The molecule has 0 aliphatic carbocycles. The van der Waals surface area contributed by atoms with Crippen LogP contribution in [0.15, 0.2) is 24.3 Å². The quantitative estimate of drug-likeness (QED) is 0.867. The summed E-state index contributed by atoms with van der Waals surface area (Å²) in [6.07, 6.45) is 0. The maximum Gasteiger partial charge on any atom is 0.341 e. The molecular weight excluding hydrogens is 218 g/mol.